The molecule has 1 fully saturated rings. The second-order valence-corrected chi connectivity index (χ2v) is 9.90. The quantitative estimate of drug-likeness (QED) is 0.647. The summed E-state index contributed by atoms with van der Waals surface area (Å²) in [6, 6.07) is 3.80. The molecular formula is C19H18FN3O5S2. The van der Waals surface area contributed by atoms with Gasteiger partial charge in [0.2, 0.25) is 5.88 Å². The average Bonchev–Trinajstić information content (AvgIpc) is 3.12. The summed E-state index contributed by atoms with van der Waals surface area (Å²) in [7, 11) is -3.51. The normalized spacial score (nSPS) is 15.5. The van der Waals surface area contributed by atoms with Crippen molar-refractivity contribution in [3.05, 3.63) is 35.7 Å². The van der Waals surface area contributed by atoms with Gasteiger partial charge in [-0.15, -0.1) is 11.3 Å². The van der Waals surface area contributed by atoms with E-state index in [-0.39, 0.29) is 16.6 Å². The third-order valence-corrected chi connectivity index (χ3v) is 7.04. The molecule has 11 heteroatoms. The standard InChI is InChI=1S/C19H18FN3O5S2/c1-30(26,27)12-2-3-13(15(20)8-12)14-9-29-17-16(14)21-10-22-18(17)28-11-4-6-23(7-5-11)19(24)25/h2-3,8-11H,4-7H2,1H3,(H,24,25). The van der Waals surface area contributed by atoms with Crippen LogP contribution in [0.1, 0.15) is 12.8 Å². The molecule has 0 spiro atoms. The van der Waals surface area contributed by atoms with Crippen molar-refractivity contribution in [1.29, 1.82) is 0 Å². The zero-order valence-corrected chi connectivity index (χ0v) is 17.5. The number of benzene rings is 1. The molecule has 0 radical (unpaired) electrons. The van der Waals surface area contributed by atoms with Gasteiger partial charge in [0.25, 0.3) is 0 Å². The van der Waals surface area contributed by atoms with Gasteiger partial charge in [0.05, 0.1) is 10.4 Å². The predicted molar refractivity (Wildman–Crippen MR) is 109 cm³/mol. The Morgan fingerprint density at radius 3 is 2.63 bits per heavy atom. The minimum Gasteiger partial charge on any atom is -0.473 e. The molecule has 3 aromatic rings. The van der Waals surface area contributed by atoms with Gasteiger partial charge in [-0.1, -0.05) is 6.07 Å². The molecule has 0 unspecified atom stereocenters. The van der Waals surface area contributed by atoms with Crippen molar-refractivity contribution >= 4 is 37.5 Å². The number of carbonyl (C=O) groups is 1. The first-order chi connectivity index (χ1) is 14.2. The summed E-state index contributed by atoms with van der Waals surface area (Å²) in [5.41, 5.74) is 1.28. The summed E-state index contributed by atoms with van der Waals surface area (Å²) in [5.74, 6) is -0.280. The molecule has 0 aliphatic carbocycles. The summed E-state index contributed by atoms with van der Waals surface area (Å²) in [4.78, 5) is 20.8. The molecule has 0 atom stereocenters. The van der Waals surface area contributed by atoms with Crippen LogP contribution >= 0.6 is 11.3 Å². The van der Waals surface area contributed by atoms with Crippen LogP contribution in [-0.4, -0.2) is 59.9 Å². The van der Waals surface area contributed by atoms with Crippen molar-refractivity contribution < 1.29 is 27.4 Å². The Morgan fingerprint density at radius 1 is 1.27 bits per heavy atom. The van der Waals surface area contributed by atoms with Crippen LogP contribution in [0.5, 0.6) is 5.88 Å². The first kappa shape index (κ1) is 20.5. The highest BCUT2D eigenvalue weighted by Crippen LogP contribution is 2.38. The van der Waals surface area contributed by atoms with E-state index in [1.807, 2.05) is 0 Å². The summed E-state index contributed by atoms with van der Waals surface area (Å²) < 4.78 is 44.6. The fourth-order valence-electron chi connectivity index (χ4n) is 3.37. The molecular weight excluding hydrogens is 433 g/mol. The van der Waals surface area contributed by atoms with Crippen LogP contribution < -0.4 is 4.74 Å². The number of hydrogen-bond acceptors (Lipinski definition) is 7. The Hall–Kier alpha value is -2.79. The molecule has 1 aliphatic heterocycles. The maximum Gasteiger partial charge on any atom is 0.407 e. The SMILES string of the molecule is CS(=O)(=O)c1ccc(-c2csc3c(OC4CCN(C(=O)O)CC4)ncnc23)c(F)c1. The number of likely N-dealkylation sites (tertiary alicyclic amines) is 1. The third kappa shape index (κ3) is 3.94. The molecule has 3 heterocycles. The number of sulfone groups is 1. The van der Waals surface area contributed by atoms with Crippen molar-refractivity contribution in [1.82, 2.24) is 14.9 Å². The van der Waals surface area contributed by atoms with Crippen molar-refractivity contribution in [2.75, 3.05) is 19.3 Å². The molecule has 1 aliphatic rings. The van der Waals surface area contributed by atoms with Crippen LogP contribution in [0.4, 0.5) is 9.18 Å². The Kier molecular flexibility index (Phi) is 5.33. The maximum atomic E-state index is 14.7. The monoisotopic (exact) mass is 451 g/mol. The molecule has 1 amide bonds. The van der Waals surface area contributed by atoms with Crippen molar-refractivity contribution in [3.63, 3.8) is 0 Å². The van der Waals surface area contributed by atoms with Crippen molar-refractivity contribution in [2.24, 2.45) is 0 Å². The Morgan fingerprint density at radius 2 is 2.00 bits per heavy atom. The fraction of sp³-hybridized carbons (Fsp3) is 0.316. The summed E-state index contributed by atoms with van der Waals surface area (Å²) in [5, 5.41) is 10.8. The molecule has 158 valence electrons. The van der Waals surface area contributed by atoms with Crippen molar-refractivity contribution in [3.8, 4) is 17.0 Å². The molecule has 8 nitrogen and oxygen atoms in total. The van der Waals surface area contributed by atoms with Crippen LogP contribution in [0.3, 0.4) is 0 Å². The first-order valence-electron chi connectivity index (χ1n) is 9.10. The molecule has 0 saturated carbocycles. The lowest BCUT2D eigenvalue weighted by Gasteiger charge is -2.29. The van der Waals surface area contributed by atoms with E-state index in [4.69, 9.17) is 9.84 Å². The van der Waals surface area contributed by atoms with E-state index in [0.717, 1.165) is 12.3 Å². The van der Waals surface area contributed by atoms with Gasteiger partial charge in [0.1, 0.15) is 22.9 Å². The molecule has 1 saturated heterocycles. The van der Waals surface area contributed by atoms with E-state index < -0.39 is 21.7 Å². The van der Waals surface area contributed by atoms with Gasteiger partial charge < -0.3 is 14.7 Å². The van der Waals surface area contributed by atoms with Gasteiger partial charge in [-0.2, -0.15) is 0 Å². The van der Waals surface area contributed by atoms with Gasteiger partial charge in [-0.05, 0) is 12.1 Å². The highest BCUT2D eigenvalue weighted by Gasteiger charge is 2.25. The third-order valence-electron chi connectivity index (χ3n) is 4.97. The number of carboxylic acid groups (broad SMARTS) is 1. The number of rotatable bonds is 4. The molecule has 2 aromatic heterocycles. The Labute approximate surface area is 175 Å². The van der Waals surface area contributed by atoms with Gasteiger partial charge in [-0.25, -0.2) is 27.6 Å². The van der Waals surface area contributed by atoms with E-state index >= 15 is 0 Å². The number of aromatic nitrogens is 2. The van der Waals surface area contributed by atoms with E-state index in [0.29, 0.717) is 47.6 Å². The predicted octanol–water partition coefficient (Wildman–Crippen LogP) is 3.42. The van der Waals surface area contributed by atoms with Crippen molar-refractivity contribution in [2.45, 2.75) is 23.8 Å². The fourth-order valence-corrected chi connectivity index (χ4v) is 4.96. The second-order valence-electron chi connectivity index (χ2n) is 7.01. The van der Waals surface area contributed by atoms with E-state index in [1.54, 1.807) is 5.38 Å². The molecule has 4 rings (SSSR count). The van der Waals surface area contributed by atoms with Crippen LogP contribution in [0.25, 0.3) is 21.3 Å². The van der Waals surface area contributed by atoms with Crippen LogP contribution in [-0.2, 0) is 9.84 Å². The number of fused-ring (bicyclic) bond motifs is 1. The zero-order chi connectivity index (χ0) is 21.5. The number of nitrogens with zero attached hydrogens (tertiary/aromatic N) is 3. The van der Waals surface area contributed by atoms with E-state index in [1.165, 1.54) is 34.7 Å². The van der Waals surface area contributed by atoms with E-state index in [9.17, 15) is 17.6 Å². The first-order valence-corrected chi connectivity index (χ1v) is 11.9. The summed E-state index contributed by atoms with van der Waals surface area (Å²) in [6.45, 7) is 0.781. The smallest absolute Gasteiger partial charge is 0.407 e. The minimum absolute atomic E-state index is 0.0883. The average molecular weight is 452 g/mol. The topological polar surface area (TPSA) is 110 Å². The highest BCUT2D eigenvalue weighted by molar-refractivity contribution is 7.90. The zero-order valence-electron chi connectivity index (χ0n) is 15.9. The van der Waals surface area contributed by atoms with E-state index in [2.05, 4.69) is 9.97 Å². The largest absolute Gasteiger partial charge is 0.473 e. The molecule has 30 heavy (non-hydrogen) atoms. The maximum absolute atomic E-state index is 14.7. The molecule has 1 N–H and O–H groups in total. The minimum atomic E-state index is -3.51. The summed E-state index contributed by atoms with van der Waals surface area (Å²) >= 11 is 1.31. The second kappa shape index (κ2) is 7.80. The number of thiophene rings is 1. The van der Waals surface area contributed by atoms with Gasteiger partial charge >= 0.3 is 6.09 Å². The van der Waals surface area contributed by atoms with Gasteiger partial charge in [-0.3, -0.25) is 0 Å². The Bertz CT molecular complexity index is 1220. The van der Waals surface area contributed by atoms with Crippen LogP contribution in [0, 0.1) is 5.82 Å². The van der Waals surface area contributed by atoms with Crippen LogP contribution in [0.15, 0.2) is 34.8 Å². The number of piperidine rings is 1. The lowest BCUT2D eigenvalue weighted by Crippen LogP contribution is -2.41. The lowest BCUT2D eigenvalue weighted by molar-refractivity contribution is 0.0880. The summed E-state index contributed by atoms with van der Waals surface area (Å²) in [6.07, 6.45) is 2.36. The number of ether oxygens (including phenoxy) is 1. The van der Waals surface area contributed by atoms with Gasteiger partial charge in [0.15, 0.2) is 9.84 Å². The number of hydrogen-bond donors (Lipinski definition) is 1. The van der Waals surface area contributed by atoms with Crippen LogP contribution in [0.2, 0.25) is 0 Å². The Balaban J connectivity index is 1.62. The number of amides is 1. The van der Waals surface area contributed by atoms with Gasteiger partial charge in [0, 0.05) is 48.7 Å². The molecule has 1 aromatic carbocycles. The highest BCUT2D eigenvalue weighted by atomic mass is 32.2. The molecule has 0 bridgehead atoms. The lowest BCUT2D eigenvalue weighted by atomic mass is 10.1. The number of halogens is 1.